The molecule has 1 amide bonds. The third-order valence-electron chi connectivity index (χ3n) is 5.13. The van der Waals surface area contributed by atoms with Crippen molar-refractivity contribution in [2.45, 2.75) is 26.3 Å². The zero-order valence-electron chi connectivity index (χ0n) is 15.5. The molecular weight excluding hydrogens is 378 g/mol. The van der Waals surface area contributed by atoms with Crippen LogP contribution in [0.15, 0.2) is 36.0 Å². The molecule has 3 aromatic rings. The predicted octanol–water partition coefficient (Wildman–Crippen LogP) is 3.47. The summed E-state index contributed by atoms with van der Waals surface area (Å²) in [4.78, 5) is 31.1. The van der Waals surface area contributed by atoms with Crippen molar-refractivity contribution in [1.29, 1.82) is 0 Å². The van der Waals surface area contributed by atoms with Gasteiger partial charge in [-0.05, 0) is 24.8 Å². The zero-order chi connectivity index (χ0) is 19.7. The molecule has 0 saturated carbocycles. The zero-order valence-corrected chi connectivity index (χ0v) is 16.3. The number of hydrogen-bond donors (Lipinski definition) is 1. The monoisotopic (exact) mass is 399 g/mol. The number of nitrogens with zero attached hydrogens (tertiary/aromatic N) is 4. The van der Waals surface area contributed by atoms with Crippen molar-refractivity contribution in [2.75, 3.05) is 18.0 Å². The van der Waals surface area contributed by atoms with Gasteiger partial charge >= 0.3 is 0 Å². The first kappa shape index (κ1) is 18.4. The van der Waals surface area contributed by atoms with Crippen LogP contribution in [-0.2, 0) is 6.54 Å². The molecule has 8 nitrogen and oxygen atoms in total. The van der Waals surface area contributed by atoms with Gasteiger partial charge in [-0.15, -0.1) is 11.3 Å². The highest BCUT2D eigenvalue weighted by molar-refractivity contribution is 7.15. The van der Waals surface area contributed by atoms with Crippen LogP contribution in [0, 0.1) is 16.0 Å². The maximum absolute atomic E-state index is 12.9. The summed E-state index contributed by atoms with van der Waals surface area (Å²) < 4.78 is 1.90. The van der Waals surface area contributed by atoms with Crippen molar-refractivity contribution in [1.82, 2.24) is 14.7 Å². The van der Waals surface area contributed by atoms with E-state index in [4.69, 9.17) is 0 Å². The van der Waals surface area contributed by atoms with Gasteiger partial charge in [-0.1, -0.05) is 6.92 Å². The standard InChI is InChI=1S/C19H21N5O3S/c1-13-4-6-22(7-5-13)17-3-2-15(24(26)27)10-16(17)18(25)20-11-14-12-23-8-9-28-19(23)21-14/h2-3,8-10,12-13H,4-7,11H2,1H3,(H,20,25). The summed E-state index contributed by atoms with van der Waals surface area (Å²) in [6.07, 6.45) is 5.87. The van der Waals surface area contributed by atoms with E-state index in [1.165, 1.54) is 23.5 Å². The molecule has 1 aliphatic heterocycles. The van der Waals surface area contributed by atoms with E-state index in [0.29, 0.717) is 11.5 Å². The topological polar surface area (TPSA) is 92.8 Å². The number of carbonyl (C=O) groups is 1. The largest absolute Gasteiger partial charge is 0.371 e. The van der Waals surface area contributed by atoms with Crippen molar-refractivity contribution in [2.24, 2.45) is 5.92 Å². The van der Waals surface area contributed by atoms with E-state index in [1.54, 1.807) is 6.07 Å². The molecule has 0 spiro atoms. The van der Waals surface area contributed by atoms with Crippen molar-refractivity contribution < 1.29 is 9.72 Å². The minimum Gasteiger partial charge on any atom is -0.371 e. The Kier molecular flexibility index (Phi) is 4.99. The predicted molar refractivity (Wildman–Crippen MR) is 108 cm³/mol. The van der Waals surface area contributed by atoms with E-state index in [1.807, 2.05) is 22.2 Å². The fraction of sp³-hybridized carbons (Fsp3) is 0.368. The van der Waals surface area contributed by atoms with Crippen LogP contribution in [0.1, 0.15) is 35.8 Å². The van der Waals surface area contributed by atoms with Crippen LogP contribution >= 0.6 is 11.3 Å². The van der Waals surface area contributed by atoms with Crippen molar-refractivity contribution in [3.63, 3.8) is 0 Å². The van der Waals surface area contributed by atoms with Crippen LogP contribution in [0.25, 0.3) is 4.96 Å². The molecule has 9 heteroatoms. The second kappa shape index (κ2) is 7.59. The molecule has 1 aliphatic rings. The lowest BCUT2D eigenvalue weighted by atomic mass is 9.98. The summed E-state index contributed by atoms with van der Waals surface area (Å²) in [6, 6.07) is 4.53. The number of hydrogen-bond acceptors (Lipinski definition) is 6. The van der Waals surface area contributed by atoms with E-state index in [0.717, 1.165) is 42.3 Å². The first-order chi connectivity index (χ1) is 13.5. The van der Waals surface area contributed by atoms with E-state index >= 15 is 0 Å². The minimum atomic E-state index is -0.470. The Balaban J connectivity index is 1.56. The molecule has 1 aromatic carbocycles. The Morgan fingerprint density at radius 1 is 1.39 bits per heavy atom. The Labute approximate surface area is 166 Å². The normalized spacial score (nSPS) is 15.1. The second-order valence-electron chi connectivity index (χ2n) is 7.14. The highest BCUT2D eigenvalue weighted by Gasteiger charge is 2.23. The highest BCUT2D eigenvalue weighted by Crippen LogP contribution is 2.29. The van der Waals surface area contributed by atoms with Crippen molar-refractivity contribution >= 4 is 33.6 Å². The number of carbonyl (C=O) groups excluding carboxylic acids is 1. The lowest BCUT2D eigenvalue weighted by Crippen LogP contribution is -2.35. The van der Waals surface area contributed by atoms with Gasteiger partial charge in [0.1, 0.15) is 0 Å². The van der Waals surface area contributed by atoms with Gasteiger partial charge in [0, 0.05) is 43.0 Å². The third kappa shape index (κ3) is 3.70. The molecule has 28 heavy (non-hydrogen) atoms. The first-order valence-electron chi connectivity index (χ1n) is 9.24. The summed E-state index contributed by atoms with van der Waals surface area (Å²) in [6.45, 7) is 4.18. The number of non-ortho nitro benzene ring substituents is 1. The van der Waals surface area contributed by atoms with Crippen LogP contribution < -0.4 is 10.2 Å². The number of piperidine rings is 1. The Hall–Kier alpha value is -2.94. The van der Waals surface area contributed by atoms with Crippen LogP contribution in [0.5, 0.6) is 0 Å². The Morgan fingerprint density at radius 3 is 2.89 bits per heavy atom. The molecular formula is C19H21N5O3S. The number of anilines is 1. The van der Waals surface area contributed by atoms with Crippen LogP contribution in [0.3, 0.4) is 0 Å². The fourth-order valence-corrected chi connectivity index (χ4v) is 4.19. The van der Waals surface area contributed by atoms with Gasteiger partial charge in [0.2, 0.25) is 0 Å². The number of amides is 1. The number of aromatic nitrogens is 2. The molecule has 0 aliphatic carbocycles. The Morgan fingerprint density at radius 2 is 2.18 bits per heavy atom. The number of nitro benzene ring substituents is 1. The van der Waals surface area contributed by atoms with Gasteiger partial charge in [-0.3, -0.25) is 19.3 Å². The van der Waals surface area contributed by atoms with Crippen LogP contribution in [-0.4, -0.2) is 33.3 Å². The molecule has 1 fully saturated rings. The van der Waals surface area contributed by atoms with E-state index < -0.39 is 4.92 Å². The number of thiazole rings is 1. The smallest absolute Gasteiger partial charge is 0.270 e. The lowest BCUT2D eigenvalue weighted by Gasteiger charge is -2.33. The Bertz CT molecular complexity index is 991. The fourth-order valence-electron chi connectivity index (χ4n) is 3.47. The third-order valence-corrected chi connectivity index (χ3v) is 5.90. The first-order valence-corrected chi connectivity index (χ1v) is 10.1. The maximum atomic E-state index is 12.9. The van der Waals surface area contributed by atoms with Gasteiger partial charge < -0.3 is 10.2 Å². The van der Waals surface area contributed by atoms with E-state index in [-0.39, 0.29) is 18.1 Å². The van der Waals surface area contributed by atoms with Gasteiger partial charge in [-0.25, -0.2) is 4.98 Å². The van der Waals surface area contributed by atoms with Gasteiger partial charge in [-0.2, -0.15) is 0 Å². The number of fused-ring (bicyclic) bond motifs is 1. The molecule has 4 rings (SSSR count). The molecule has 0 radical (unpaired) electrons. The number of rotatable bonds is 5. The van der Waals surface area contributed by atoms with Crippen LogP contribution in [0.2, 0.25) is 0 Å². The SMILES string of the molecule is CC1CCN(c2ccc([N+](=O)[O-])cc2C(=O)NCc2cn3ccsc3n2)CC1. The van der Waals surface area contributed by atoms with E-state index in [2.05, 4.69) is 22.1 Å². The molecule has 0 atom stereocenters. The van der Waals surface area contributed by atoms with Crippen LogP contribution in [0.4, 0.5) is 11.4 Å². The molecule has 3 heterocycles. The average molecular weight is 399 g/mol. The van der Waals surface area contributed by atoms with Gasteiger partial charge in [0.25, 0.3) is 11.6 Å². The summed E-state index contributed by atoms with van der Waals surface area (Å²) in [5.41, 5.74) is 1.76. The van der Waals surface area contributed by atoms with E-state index in [9.17, 15) is 14.9 Å². The average Bonchev–Trinajstić information content (AvgIpc) is 3.28. The summed E-state index contributed by atoms with van der Waals surface area (Å²) in [5, 5.41) is 16.0. The number of imidazole rings is 1. The van der Waals surface area contributed by atoms with Crippen molar-refractivity contribution in [3.8, 4) is 0 Å². The van der Waals surface area contributed by atoms with Gasteiger partial charge in [0.05, 0.1) is 28.4 Å². The minimum absolute atomic E-state index is 0.0817. The quantitative estimate of drug-likeness (QED) is 0.524. The number of nitrogens with one attached hydrogen (secondary N) is 1. The highest BCUT2D eigenvalue weighted by atomic mass is 32.1. The summed E-state index contributed by atoms with van der Waals surface area (Å²) in [7, 11) is 0. The lowest BCUT2D eigenvalue weighted by molar-refractivity contribution is -0.384. The number of benzene rings is 1. The molecule has 1 N–H and O–H groups in total. The maximum Gasteiger partial charge on any atom is 0.270 e. The second-order valence-corrected chi connectivity index (χ2v) is 8.01. The molecule has 1 saturated heterocycles. The summed E-state index contributed by atoms with van der Waals surface area (Å²) in [5.74, 6) is 0.329. The van der Waals surface area contributed by atoms with Crippen molar-refractivity contribution in [3.05, 3.63) is 57.3 Å². The summed E-state index contributed by atoms with van der Waals surface area (Å²) >= 11 is 1.52. The number of nitro groups is 1. The molecule has 146 valence electrons. The molecule has 2 aromatic heterocycles. The van der Waals surface area contributed by atoms with Gasteiger partial charge in [0.15, 0.2) is 4.96 Å². The molecule has 0 unspecified atom stereocenters. The molecule has 0 bridgehead atoms.